The molecule has 0 saturated carbocycles. The van der Waals surface area contributed by atoms with Gasteiger partial charge in [-0.25, -0.2) is 18.4 Å². The maximum atomic E-state index is 12.3. The normalized spacial score (nSPS) is 15.1. The van der Waals surface area contributed by atoms with Crippen molar-refractivity contribution in [2.75, 3.05) is 17.7 Å². The van der Waals surface area contributed by atoms with Crippen LogP contribution in [0.2, 0.25) is 10.0 Å². The Balaban J connectivity index is 1.73. The lowest BCUT2D eigenvalue weighted by Gasteiger charge is -2.19. The van der Waals surface area contributed by atoms with Gasteiger partial charge < -0.3 is 4.90 Å². The van der Waals surface area contributed by atoms with Crippen molar-refractivity contribution in [1.29, 1.82) is 0 Å². The van der Waals surface area contributed by atoms with Crippen LogP contribution < -0.4 is 9.62 Å². The molecule has 1 amide bonds. The first-order valence-corrected chi connectivity index (χ1v) is 12.4. The number of nitrogens with zero attached hydrogens (tertiary/aromatic N) is 3. The van der Waals surface area contributed by atoms with E-state index in [9.17, 15) is 13.2 Å². The van der Waals surface area contributed by atoms with Crippen LogP contribution in [-0.4, -0.2) is 37.1 Å². The number of thiazole rings is 1. The third kappa shape index (κ3) is 4.51. The molecular weight excluding hydrogens is 475 g/mol. The molecule has 4 rings (SSSR count). The van der Waals surface area contributed by atoms with Gasteiger partial charge in [-0.1, -0.05) is 35.0 Å². The highest BCUT2D eigenvalue weighted by molar-refractivity contribution is 8.04. The second-order valence-corrected chi connectivity index (χ2v) is 10.8. The van der Waals surface area contributed by atoms with E-state index in [0.717, 1.165) is 15.9 Å². The summed E-state index contributed by atoms with van der Waals surface area (Å²) in [5.74, 6) is -0.663. The largest absolute Gasteiger partial charge is 0.325 e. The van der Waals surface area contributed by atoms with Gasteiger partial charge in [0.15, 0.2) is 5.65 Å². The molecule has 7 nitrogen and oxygen atoms in total. The van der Waals surface area contributed by atoms with Crippen LogP contribution in [0.1, 0.15) is 5.01 Å². The predicted molar refractivity (Wildman–Crippen MR) is 118 cm³/mol. The fourth-order valence-corrected chi connectivity index (χ4v) is 5.63. The zero-order chi connectivity index (χ0) is 20.8. The molecule has 0 atom stereocenters. The highest BCUT2D eigenvalue weighted by Crippen LogP contribution is 2.49. The highest BCUT2D eigenvalue weighted by Gasteiger charge is 2.29. The Kier molecular flexibility index (Phi) is 5.47. The van der Waals surface area contributed by atoms with Crippen molar-refractivity contribution in [3.8, 4) is 0 Å². The average molecular weight is 487 g/mol. The molecular formula is C17H12Cl2N4O3S3. The second kappa shape index (κ2) is 7.77. The van der Waals surface area contributed by atoms with Gasteiger partial charge in [-0.05, 0) is 24.3 Å². The van der Waals surface area contributed by atoms with Crippen LogP contribution >= 0.6 is 46.3 Å². The Hall–Kier alpha value is -1.85. The van der Waals surface area contributed by atoms with Gasteiger partial charge in [0.25, 0.3) is 5.91 Å². The van der Waals surface area contributed by atoms with E-state index in [1.165, 1.54) is 23.1 Å². The lowest BCUT2D eigenvalue weighted by Crippen LogP contribution is -2.38. The molecule has 0 bridgehead atoms. The van der Waals surface area contributed by atoms with Gasteiger partial charge in [-0.2, -0.15) is 0 Å². The number of rotatable bonds is 4. The molecule has 0 spiro atoms. The third-order valence-corrected chi connectivity index (χ3v) is 7.17. The quantitative estimate of drug-likeness (QED) is 0.595. The lowest BCUT2D eigenvalue weighted by molar-refractivity contribution is -0.117. The smallest absolute Gasteiger partial charge is 0.253 e. The second-order valence-electron chi connectivity index (χ2n) is 6.08. The number of aromatic nitrogens is 2. The standard InChI is InChI=1S/C17H12Cl2N4O3S3/c1-29(25,26)22-14(24)8-23-11-5-9(18)10(19)6-13(11)28-16(23)7-15-21-17-12(27-15)3-2-4-20-17/h2-7H,8H2,1H3,(H,22,24)/b16-7-. The molecule has 2 aromatic heterocycles. The first kappa shape index (κ1) is 20.4. The predicted octanol–water partition coefficient (Wildman–Crippen LogP) is 3.98. The van der Waals surface area contributed by atoms with Crippen molar-refractivity contribution in [3.63, 3.8) is 0 Å². The van der Waals surface area contributed by atoms with Crippen molar-refractivity contribution in [1.82, 2.24) is 14.7 Å². The summed E-state index contributed by atoms with van der Waals surface area (Å²) < 4.78 is 25.7. The first-order valence-electron chi connectivity index (χ1n) is 8.08. The number of nitrogens with one attached hydrogen (secondary N) is 1. The van der Waals surface area contributed by atoms with E-state index in [2.05, 4.69) is 9.97 Å². The van der Waals surface area contributed by atoms with E-state index in [-0.39, 0.29) is 6.54 Å². The molecule has 1 aromatic carbocycles. The number of hydrogen-bond acceptors (Lipinski definition) is 8. The van der Waals surface area contributed by atoms with E-state index < -0.39 is 15.9 Å². The van der Waals surface area contributed by atoms with Gasteiger partial charge in [0, 0.05) is 17.2 Å². The molecule has 150 valence electrons. The van der Waals surface area contributed by atoms with Crippen molar-refractivity contribution in [3.05, 3.63) is 50.5 Å². The Bertz CT molecular complexity index is 1240. The number of anilines is 1. The van der Waals surface area contributed by atoms with Crippen LogP contribution in [-0.2, 0) is 14.8 Å². The van der Waals surface area contributed by atoms with Gasteiger partial charge in [-0.3, -0.25) is 9.52 Å². The number of amides is 1. The van der Waals surface area contributed by atoms with Crippen LogP contribution in [0.4, 0.5) is 5.69 Å². The summed E-state index contributed by atoms with van der Waals surface area (Å²) in [6, 6.07) is 7.13. The molecule has 0 aliphatic carbocycles. The fraction of sp³-hybridized carbons (Fsp3) is 0.118. The summed E-state index contributed by atoms with van der Waals surface area (Å²) in [6.07, 6.45) is 4.43. The molecule has 1 N–H and O–H groups in total. The molecule has 3 aromatic rings. The number of thioether (sulfide) groups is 1. The maximum absolute atomic E-state index is 12.3. The van der Waals surface area contributed by atoms with Crippen molar-refractivity contribution >= 4 is 84.3 Å². The van der Waals surface area contributed by atoms with Gasteiger partial charge >= 0.3 is 0 Å². The number of carbonyl (C=O) groups is 1. The van der Waals surface area contributed by atoms with Crippen molar-refractivity contribution in [2.24, 2.45) is 0 Å². The van der Waals surface area contributed by atoms with E-state index >= 15 is 0 Å². The Labute approximate surface area is 184 Å². The van der Waals surface area contributed by atoms with Gasteiger partial charge in [-0.15, -0.1) is 11.3 Å². The monoisotopic (exact) mass is 486 g/mol. The number of fused-ring (bicyclic) bond motifs is 2. The summed E-state index contributed by atoms with van der Waals surface area (Å²) in [4.78, 5) is 23.5. The van der Waals surface area contributed by atoms with Crippen LogP contribution in [0.15, 0.2) is 40.4 Å². The van der Waals surface area contributed by atoms with Gasteiger partial charge in [0.2, 0.25) is 10.0 Å². The van der Waals surface area contributed by atoms with Crippen LogP contribution in [0, 0.1) is 0 Å². The van der Waals surface area contributed by atoms with E-state index in [1.807, 2.05) is 22.9 Å². The minimum Gasteiger partial charge on any atom is -0.325 e. The average Bonchev–Trinajstić information content (AvgIpc) is 3.16. The zero-order valence-corrected chi connectivity index (χ0v) is 18.7. The third-order valence-electron chi connectivity index (χ3n) is 3.80. The number of benzene rings is 1. The van der Waals surface area contributed by atoms with Crippen molar-refractivity contribution in [2.45, 2.75) is 4.90 Å². The first-order chi connectivity index (χ1) is 13.7. The molecule has 29 heavy (non-hydrogen) atoms. The molecule has 0 saturated heterocycles. The summed E-state index contributed by atoms with van der Waals surface area (Å²) in [5.41, 5.74) is 1.30. The molecule has 1 aliphatic rings. The molecule has 0 radical (unpaired) electrons. The number of hydrogen-bond donors (Lipinski definition) is 1. The van der Waals surface area contributed by atoms with E-state index in [4.69, 9.17) is 23.2 Å². The van der Waals surface area contributed by atoms with E-state index in [0.29, 0.717) is 31.4 Å². The highest BCUT2D eigenvalue weighted by atomic mass is 35.5. The Morgan fingerprint density at radius 2 is 2.07 bits per heavy atom. The number of carbonyl (C=O) groups excluding carboxylic acids is 1. The summed E-state index contributed by atoms with van der Waals surface area (Å²) >= 11 is 15.1. The van der Waals surface area contributed by atoms with Gasteiger partial charge in [0.1, 0.15) is 11.6 Å². The summed E-state index contributed by atoms with van der Waals surface area (Å²) in [6.45, 7) is -0.208. The molecule has 0 unspecified atom stereocenters. The van der Waals surface area contributed by atoms with Crippen molar-refractivity contribution < 1.29 is 13.2 Å². The summed E-state index contributed by atoms with van der Waals surface area (Å²) in [5, 5.41) is 2.13. The topological polar surface area (TPSA) is 92.3 Å². The van der Waals surface area contributed by atoms with Crippen LogP contribution in [0.3, 0.4) is 0 Å². The minimum absolute atomic E-state index is 0.208. The van der Waals surface area contributed by atoms with E-state index in [1.54, 1.807) is 23.2 Å². The maximum Gasteiger partial charge on any atom is 0.253 e. The van der Waals surface area contributed by atoms with Gasteiger partial charge in [0.05, 0.1) is 31.7 Å². The molecule has 0 fully saturated rings. The Morgan fingerprint density at radius 1 is 1.31 bits per heavy atom. The Morgan fingerprint density at radius 3 is 2.79 bits per heavy atom. The number of halogens is 2. The molecule has 3 heterocycles. The zero-order valence-electron chi connectivity index (χ0n) is 14.7. The number of pyridine rings is 1. The van der Waals surface area contributed by atoms with Crippen LogP contribution in [0.5, 0.6) is 0 Å². The molecule has 12 heteroatoms. The summed E-state index contributed by atoms with van der Waals surface area (Å²) in [7, 11) is -3.67. The van der Waals surface area contributed by atoms with Crippen LogP contribution in [0.25, 0.3) is 16.4 Å². The molecule has 1 aliphatic heterocycles. The lowest BCUT2D eigenvalue weighted by atomic mass is 10.3. The minimum atomic E-state index is -3.67. The fourth-order valence-electron chi connectivity index (χ4n) is 2.70. The number of sulfonamides is 1. The SMILES string of the molecule is CS(=O)(=O)NC(=O)CN1/C(=C/c2nc3ncccc3s2)Sc2cc(Cl)c(Cl)cc21.